The molecule has 1 amide bonds. The first kappa shape index (κ1) is 16.6. The Morgan fingerprint density at radius 2 is 2.05 bits per heavy atom. The number of methoxy groups -OCH3 is 1. The molecule has 1 aromatic carbocycles. The zero-order chi connectivity index (χ0) is 16.1. The van der Waals surface area contributed by atoms with Crippen LogP contribution in [-0.4, -0.2) is 25.6 Å². The van der Waals surface area contributed by atoms with Crippen molar-refractivity contribution in [1.29, 1.82) is 0 Å². The fourth-order valence-electron chi connectivity index (χ4n) is 1.58. The average molecular weight is 360 g/mol. The van der Waals surface area contributed by atoms with Crippen molar-refractivity contribution in [2.45, 2.75) is 0 Å². The Balaban J connectivity index is 1.96. The number of carbonyl (C=O) groups excluding carboxylic acids is 2. The van der Waals surface area contributed by atoms with Crippen LogP contribution in [0.3, 0.4) is 0 Å². The third-order valence-electron chi connectivity index (χ3n) is 2.58. The topological polar surface area (TPSA) is 64.6 Å². The molecule has 0 aliphatic carbocycles. The number of amides is 1. The van der Waals surface area contributed by atoms with Crippen molar-refractivity contribution in [3.05, 3.63) is 45.3 Å². The number of benzene rings is 1. The minimum absolute atomic E-state index is 0.250. The highest BCUT2D eigenvalue weighted by Crippen LogP contribution is 2.28. The molecule has 1 heterocycles. The summed E-state index contributed by atoms with van der Waals surface area (Å²) in [6, 6.07) is 6.27. The summed E-state index contributed by atoms with van der Waals surface area (Å²) >= 11 is 12.9. The number of anilines is 1. The molecular weight excluding hydrogens is 349 g/mol. The molecule has 0 bridgehead atoms. The lowest BCUT2D eigenvalue weighted by Crippen LogP contribution is -2.21. The van der Waals surface area contributed by atoms with Crippen molar-refractivity contribution < 1.29 is 19.1 Å². The maximum absolute atomic E-state index is 11.9. The van der Waals surface area contributed by atoms with Gasteiger partial charge in [0.1, 0.15) is 10.8 Å². The summed E-state index contributed by atoms with van der Waals surface area (Å²) in [7, 11) is 1.28. The number of hydrogen-bond acceptors (Lipinski definition) is 5. The highest BCUT2D eigenvalue weighted by molar-refractivity contribution is 7.14. The predicted molar refractivity (Wildman–Crippen MR) is 86.2 cm³/mol. The van der Waals surface area contributed by atoms with Crippen LogP contribution in [0, 0.1) is 0 Å². The number of esters is 1. The molecule has 0 atom stereocenters. The van der Waals surface area contributed by atoms with Gasteiger partial charge in [-0.1, -0.05) is 23.2 Å². The summed E-state index contributed by atoms with van der Waals surface area (Å²) in [6.45, 7) is -0.250. The number of ether oxygens (including phenoxy) is 2. The van der Waals surface area contributed by atoms with Gasteiger partial charge in [-0.2, -0.15) is 0 Å². The van der Waals surface area contributed by atoms with Crippen LogP contribution in [0.25, 0.3) is 0 Å². The summed E-state index contributed by atoms with van der Waals surface area (Å²) < 4.78 is 9.94. The van der Waals surface area contributed by atoms with Gasteiger partial charge >= 0.3 is 5.97 Å². The number of rotatable bonds is 5. The summed E-state index contributed by atoms with van der Waals surface area (Å²) in [5.74, 6) is -0.586. The minimum atomic E-state index is -0.516. The molecule has 22 heavy (non-hydrogen) atoms. The third-order valence-corrected chi connectivity index (χ3v) is 3.94. The predicted octanol–water partition coefficient (Wildman–Crippen LogP) is 3.86. The molecule has 0 saturated carbocycles. The zero-order valence-corrected chi connectivity index (χ0v) is 13.7. The normalized spacial score (nSPS) is 10.1. The van der Waals surface area contributed by atoms with Crippen molar-refractivity contribution >= 4 is 51.4 Å². The van der Waals surface area contributed by atoms with Crippen LogP contribution in [-0.2, 0) is 9.53 Å². The zero-order valence-electron chi connectivity index (χ0n) is 11.4. The van der Waals surface area contributed by atoms with Gasteiger partial charge in [-0.3, -0.25) is 4.79 Å². The molecule has 0 fully saturated rings. The molecule has 0 saturated heterocycles. The van der Waals surface area contributed by atoms with Gasteiger partial charge in [0.05, 0.1) is 17.7 Å². The molecular formula is C14H11Cl2NO4S. The van der Waals surface area contributed by atoms with E-state index in [1.807, 2.05) is 0 Å². The standard InChI is InChI=1S/C14H11Cl2NO4S/c1-20-14(19)9-4-5-22-13(9)17-12(18)7-21-11-3-2-8(15)6-10(11)16/h2-6H,7H2,1H3,(H,17,18). The van der Waals surface area contributed by atoms with Gasteiger partial charge in [-0.25, -0.2) is 4.79 Å². The molecule has 5 nitrogen and oxygen atoms in total. The summed E-state index contributed by atoms with van der Waals surface area (Å²) in [5, 5.41) is 5.46. The van der Waals surface area contributed by atoms with Crippen molar-refractivity contribution in [3.63, 3.8) is 0 Å². The third kappa shape index (κ3) is 4.13. The van der Waals surface area contributed by atoms with E-state index in [0.717, 1.165) is 0 Å². The van der Waals surface area contributed by atoms with Crippen molar-refractivity contribution in [1.82, 2.24) is 0 Å². The van der Waals surface area contributed by atoms with E-state index >= 15 is 0 Å². The van der Waals surface area contributed by atoms with Crippen molar-refractivity contribution in [3.8, 4) is 5.75 Å². The Morgan fingerprint density at radius 3 is 2.73 bits per heavy atom. The maximum Gasteiger partial charge on any atom is 0.340 e. The van der Waals surface area contributed by atoms with Crippen molar-refractivity contribution in [2.75, 3.05) is 19.0 Å². The number of carbonyl (C=O) groups is 2. The molecule has 2 aromatic rings. The minimum Gasteiger partial charge on any atom is -0.482 e. The fraction of sp³-hybridized carbons (Fsp3) is 0.143. The molecule has 0 unspecified atom stereocenters. The molecule has 0 aliphatic heterocycles. The lowest BCUT2D eigenvalue weighted by atomic mass is 10.3. The first-order chi connectivity index (χ1) is 10.5. The van der Waals surface area contributed by atoms with E-state index in [1.54, 1.807) is 23.6 Å². The van der Waals surface area contributed by atoms with Gasteiger partial charge in [0.25, 0.3) is 5.91 Å². The van der Waals surface area contributed by atoms with Crippen LogP contribution in [0.2, 0.25) is 10.0 Å². The number of thiophene rings is 1. The molecule has 2 rings (SSSR count). The molecule has 0 aliphatic rings. The van der Waals surface area contributed by atoms with Gasteiger partial charge in [0.2, 0.25) is 0 Å². The van der Waals surface area contributed by atoms with E-state index in [4.69, 9.17) is 27.9 Å². The Morgan fingerprint density at radius 1 is 1.27 bits per heavy atom. The molecule has 0 radical (unpaired) electrons. The van der Waals surface area contributed by atoms with E-state index in [2.05, 4.69) is 10.1 Å². The number of halogens is 2. The molecule has 116 valence electrons. The largest absolute Gasteiger partial charge is 0.482 e. The summed E-state index contributed by atoms with van der Waals surface area (Å²) in [4.78, 5) is 23.4. The summed E-state index contributed by atoms with van der Waals surface area (Å²) in [6.07, 6.45) is 0. The van der Waals surface area contributed by atoms with Gasteiger partial charge in [-0.05, 0) is 29.6 Å². The smallest absolute Gasteiger partial charge is 0.340 e. The Labute approximate surface area is 140 Å². The van der Waals surface area contributed by atoms with E-state index in [-0.39, 0.29) is 6.61 Å². The maximum atomic E-state index is 11.9. The number of nitrogens with one attached hydrogen (secondary N) is 1. The summed E-state index contributed by atoms with van der Waals surface area (Å²) in [5.41, 5.74) is 0.297. The van der Waals surface area contributed by atoms with Crippen LogP contribution < -0.4 is 10.1 Å². The molecule has 1 aromatic heterocycles. The average Bonchev–Trinajstić information content (AvgIpc) is 2.93. The Hall–Kier alpha value is -1.76. The first-order valence-electron chi connectivity index (χ1n) is 6.04. The van der Waals surface area contributed by atoms with Gasteiger partial charge in [0.15, 0.2) is 6.61 Å². The first-order valence-corrected chi connectivity index (χ1v) is 7.68. The van der Waals surface area contributed by atoms with Crippen LogP contribution >= 0.6 is 34.5 Å². The highest BCUT2D eigenvalue weighted by atomic mass is 35.5. The molecule has 0 spiro atoms. The van der Waals surface area contributed by atoms with Crippen LogP contribution in [0.4, 0.5) is 5.00 Å². The second-order valence-corrected chi connectivity index (χ2v) is 5.83. The van der Waals surface area contributed by atoms with Crippen LogP contribution in [0.1, 0.15) is 10.4 Å². The van der Waals surface area contributed by atoms with Crippen LogP contribution in [0.15, 0.2) is 29.6 Å². The lowest BCUT2D eigenvalue weighted by molar-refractivity contribution is -0.118. The Kier molecular flexibility index (Phi) is 5.65. The Bertz CT molecular complexity index is 702. The van der Waals surface area contributed by atoms with Gasteiger partial charge < -0.3 is 14.8 Å². The van der Waals surface area contributed by atoms with Crippen LogP contribution in [0.5, 0.6) is 5.75 Å². The monoisotopic (exact) mass is 359 g/mol. The number of hydrogen-bond donors (Lipinski definition) is 1. The van der Waals surface area contributed by atoms with E-state index in [1.165, 1.54) is 24.5 Å². The van der Waals surface area contributed by atoms with E-state index in [9.17, 15) is 9.59 Å². The lowest BCUT2D eigenvalue weighted by Gasteiger charge is -2.09. The second-order valence-electron chi connectivity index (χ2n) is 4.07. The molecule has 8 heteroatoms. The van der Waals surface area contributed by atoms with Crippen molar-refractivity contribution in [2.24, 2.45) is 0 Å². The SMILES string of the molecule is COC(=O)c1ccsc1NC(=O)COc1ccc(Cl)cc1Cl. The van der Waals surface area contributed by atoms with E-state index in [0.29, 0.717) is 26.4 Å². The fourth-order valence-corrected chi connectivity index (χ4v) is 2.83. The highest BCUT2D eigenvalue weighted by Gasteiger charge is 2.15. The van der Waals surface area contributed by atoms with Gasteiger partial charge in [-0.15, -0.1) is 11.3 Å². The second kappa shape index (κ2) is 7.49. The van der Waals surface area contributed by atoms with Gasteiger partial charge in [0, 0.05) is 5.02 Å². The van der Waals surface area contributed by atoms with E-state index < -0.39 is 11.9 Å². The quantitative estimate of drug-likeness (QED) is 0.823. The molecule has 1 N–H and O–H groups in total.